The van der Waals surface area contributed by atoms with Crippen LogP contribution in [0, 0.1) is 28.8 Å². The molecule has 0 aromatic heterocycles. The molecule has 35 heavy (non-hydrogen) atoms. The van der Waals surface area contributed by atoms with Gasteiger partial charge in [0.25, 0.3) is 0 Å². The normalized spacial score (nSPS) is 10.8. The molecule has 0 aliphatic heterocycles. The topological polar surface area (TPSA) is 50.1 Å². The first kappa shape index (κ1) is 24.0. The summed E-state index contributed by atoms with van der Waals surface area (Å²) in [6, 6.07) is 20.8. The van der Waals surface area contributed by atoms with Crippen LogP contribution in [0.1, 0.15) is 36.8 Å². The average molecular weight is 473 g/mol. The predicted octanol–water partition coefficient (Wildman–Crippen LogP) is 7.50. The van der Waals surface area contributed by atoms with Crippen LogP contribution in [-0.4, -0.2) is 5.97 Å². The number of fused-ring (bicyclic) bond motifs is 1. The number of halogens is 3. The molecule has 0 spiro atoms. The molecule has 176 valence electrons. The highest BCUT2D eigenvalue weighted by Crippen LogP contribution is 2.26. The molecule has 4 aromatic rings. The van der Waals surface area contributed by atoms with Crippen molar-refractivity contribution in [2.45, 2.75) is 32.1 Å². The highest BCUT2D eigenvalue weighted by molar-refractivity contribution is 5.86. The van der Waals surface area contributed by atoms with E-state index in [-0.39, 0.29) is 23.5 Å². The molecule has 4 rings (SSSR count). The van der Waals surface area contributed by atoms with Crippen LogP contribution in [-0.2, 0) is 11.2 Å². The van der Waals surface area contributed by atoms with E-state index >= 15 is 0 Å². The molecule has 0 aliphatic carbocycles. The van der Waals surface area contributed by atoms with Crippen LogP contribution >= 0.6 is 0 Å². The van der Waals surface area contributed by atoms with E-state index in [2.05, 4.69) is 6.07 Å². The molecule has 0 saturated heterocycles. The zero-order valence-electron chi connectivity index (χ0n) is 18.9. The maximum atomic E-state index is 14.5. The first-order valence-electron chi connectivity index (χ1n) is 11.3. The van der Waals surface area contributed by atoms with Crippen molar-refractivity contribution in [3.8, 4) is 22.9 Å². The Labute approximate surface area is 201 Å². The number of nitriles is 1. The summed E-state index contributed by atoms with van der Waals surface area (Å²) in [4.78, 5) is 12.2. The van der Waals surface area contributed by atoms with E-state index in [9.17, 15) is 18.0 Å². The molecule has 0 bridgehead atoms. The van der Waals surface area contributed by atoms with Crippen LogP contribution in [0.2, 0.25) is 0 Å². The first-order valence-corrected chi connectivity index (χ1v) is 11.3. The SMILES string of the molecule is N#Cc1ccc2cc(OC(=O)CCCCCc3ccc(-c4ccc(F)c(F)c4)c(F)c3)ccc2c1. The molecule has 0 heterocycles. The van der Waals surface area contributed by atoms with Gasteiger partial charge in [0.15, 0.2) is 11.6 Å². The minimum atomic E-state index is -1.01. The average Bonchev–Trinajstić information content (AvgIpc) is 2.85. The van der Waals surface area contributed by atoms with Gasteiger partial charge in [0.05, 0.1) is 11.6 Å². The Balaban J connectivity index is 1.23. The first-order chi connectivity index (χ1) is 16.9. The Morgan fingerprint density at radius 3 is 2.34 bits per heavy atom. The quantitative estimate of drug-likeness (QED) is 0.151. The maximum Gasteiger partial charge on any atom is 0.311 e. The summed E-state index contributed by atoms with van der Waals surface area (Å²) in [5.74, 6) is -2.33. The van der Waals surface area contributed by atoms with Gasteiger partial charge in [0.2, 0.25) is 0 Å². The van der Waals surface area contributed by atoms with Gasteiger partial charge in [-0.15, -0.1) is 0 Å². The van der Waals surface area contributed by atoms with E-state index in [4.69, 9.17) is 10.00 Å². The predicted molar refractivity (Wildman–Crippen MR) is 128 cm³/mol. The van der Waals surface area contributed by atoms with E-state index in [1.807, 2.05) is 12.1 Å². The molecule has 0 N–H and O–H groups in total. The number of benzene rings is 4. The molecule has 0 fully saturated rings. The zero-order valence-corrected chi connectivity index (χ0v) is 18.9. The lowest BCUT2D eigenvalue weighted by molar-refractivity contribution is -0.134. The highest BCUT2D eigenvalue weighted by Gasteiger charge is 2.10. The number of ether oxygens (including phenoxy) is 1. The fraction of sp³-hybridized carbons (Fsp3) is 0.172. The monoisotopic (exact) mass is 473 g/mol. The molecule has 6 heteroatoms. The Morgan fingerprint density at radius 2 is 1.57 bits per heavy atom. The van der Waals surface area contributed by atoms with Crippen molar-refractivity contribution in [3.05, 3.63) is 101 Å². The lowest BCUT2D eigenvalue weighted by atomic mass is 10.00. The van der Waals surface area contributed by atoms with Gasteiger partial charge in [0.1, 0.15) is 11.6 Å². The van der Waals surface area contributed by atoms with Gasteiger partial charge in [-0.3, -0.25) is 4.79 Å². The minimum Gasteiger partial charge on any atom is -0.427 e. The number of carbonyl (C=O) groups excluding carboxylic acids is 1. The number of nitrogens with zero attached hydrogens (tertiary/aromatic N) is 1. The van der Waals surface area contributed by atoms with Crippen molar-refractivity contribution in [1.29, 1.82) is 5.26 Å². The van der Waals surface area contributed by atoms with Crippen molar-refractivity contribution < 1.29 is 22.7 Å². The molecular weight excluding hydrogens is 451 g/mol. The summed E-state index contributed by atoms with van der Waals surface area (Å²) in [5, 5.41) is 10.8. The van der Waals surface area contributed by atoms with Crippen molar-refractivity contribution >= 4 is 16.7 Å². The minimum absolute atomic E-state index is 0.217. The molecular formula is C29H22F3NO2. The van der Waals surface area contributed by atoms with Crippen LogP contribution in [0.4, 0.5) is 13.2 Å². The van der Waals surface area contributed by atoms with Crippen LogP contribution in [0.25, 0.3) is 21.9 Å². The zero-order chi connectivity index (χ0) is 24.8. The third-order valence-electron chi connectivity index (χ3n) is 5.78. The molecule has 0 amide bonds. The van der Waals surface area contributed by atoms with Crippen LogP contribution in [0.5, 0.6) is 5.75 Å². The fourth-order valence-electron chi connectivity index (χ4n) is 3.93. The van der Waals surface area contributed by atoms with Crippen molar-refractivity contribution in [2.75, 3.05) is 0 Å². The summed E-state index contributed by atoms with van der Waals surface area (Å²) in [6.45, 7) is 0. The number of hydrogen-bond donors (Lipinski definition) is 0. The summed E-state index contributed by atoms with van der Waals surface area (Å²) in [5.41, 5.74) is 1.87. The van der Waals surface area contributed by atoms with Gasteiger partial charge in [-0.05, 0) is 83.6 Å². The van der Waals surface area contributed by atoms with Crippen molar-refractivity contribution in [3.63, 3.8) is 0 Å². The van der Waals surface area contributed by atoms with Gasteiger partial charge >= 0.3 is 5.97 Å². The summed E-state index contributed by atoms with van der Waals surface area (Å²) in [7, 11) is 0. The number of unbranched alkanes of at least 4 members (excludes halogenated alkanes) is 2. The standard InChI is InChI=1S/C29H22F3NO2/c30-26-13-10-23(17-28(26)32)25-12-7-19(15-27(25)31)4-2-1-3-5-29(34)35-24-11-9-21-14-20(18-33)6-8-22(21)16-24/h6-17H,1-5H2. The van der Waals surface area contributed by atoms with Crippen LogP contribution < -0.4 is 4.74 Å². The lowest BCUT2D eigenvalue weighted by Gasteiger charge is -2.08. The lowest BCUT2D eigenvalue weighted by Crippen LogP contribution is -2.07. The Bertz CT molecular complexity index is 1430. The molecule has 0 radical (unpaired) electrons. The fourth-order valence-corrected chi connectivity index (χ4v) is 3.93. The van der Waals surface area contributed by atoms with Crippen LogP contribution in [0.15, 0.2) is 72.8 Å². The number of esters is 1. The Kier molecular flexibility index (Phi) is 7.47. The molecule has 0 atom stereocenters. The van der Waals surface area contributed by atoms with Gasteiger partial charge in [-0.1, -0.05) is 36.8 Å². The summed E-state index contributed by atoms with van der Waals surface area (Å²) >= 11 is 0. The third kappa shape index (κ3) is 6.07. The summed E-state index contributed by atoms with van der Waals surface area (Å²) < 4.78 is 46.5. The van der Waals surface area contributed by atoms with Crippen molar-refractivity contribution in [1.82, 2.24) is 0 Å². The molecule has 4 aromatic carbocycles. The number of aryl methyl sites for hydroxylation is 1. The highest BCUT2D eigenvalue weighted by atomic mass is 19.2. The van der Waals surface area contributed by atoms with Gasteiger partial charge in [-0.2, -0.15) is 5.26 Å². The van der Waals surface area contributed by atoms with Gasteiger partial charge < -0.3 is 4.74 Å². The molecule has 0 saturated carbocycles. The smallest absolute Gasteiger partial charge is 0.311 e. The molecule has 0 aliphatic rings. The van der Waals surface area contributed by atoms with E-state index < -0.39 is 17.5 Å². The van der Waals surface area contributed by atoms with Gasteiger partial charge in [-0.25, -0.2) is 13.2 Å². The van der Waals surface area contributed by atoms with E-state index in [1.54, 1.807) is 36.4 Å². The second-order valence-corrected chi connectivity index (χ2v) is 8.31. The van der Waals surface area contributed by atoms with E-state index in [1.165, 1.54) is 12.1 Å². The third-order valence-corrected chi connectivity index (χ3v) is 5.78. The summed E-state index contributed by atoms with van der Waals surface area (Å²) in [6.07, 6.45) is 3.10. The Hall–Kier alpha value is -4.11. The van der Waals surface area contributed by atoms with Crippen LogP contribution in [0.3, 0.4) is 0 Å². The van der Waals surface area contributed by atoms with Gasteiger partial charge in [0, 0.05) is 12.0 Å². The van der Waals surface area contributed by atoms with Crippen molar-refractivity contribution in [2.24, 2.45) is 0 Å². The number of rotatable bonds is 8. The van der Waals surface area contributed by atoms with E-state index in [0.29, 0.717) is 24.2 Å². The second-order valence-electron chi connectivity index (χ2n) is 8.31. The number of carbonyl (C=O) groups is 1. The van der Waals surface area contributed by atoms with E-state index in [0.717, 1.165) is 41.3 Å². The molecule has 0 unspecified atom stereocenters. The molecule has 3 nitrogen and oxygen atoms in total. The largest absolute Gasteiger partial charge is 0.427 e. The second kappa shape index (κ2) is 10.9. The number of hydrogen-bond acceptors (Lipinski definition) is 3. The maximum absolute atomic E-state index is 14.5. The Morgan fingerprint density at radius 1 is 0.771 bits per heavy atom.